The zero-order valence-electron chi connectivity index (χ0n) is 23.8. The Balaban J connectivity index is 0.000000325. The first-order valence-electron chi connectivity index (χ1n) is 14.1. The Kier molecular flexibility index (Phi) is 11.9. The summed E-state index contributed by atoms with van der Waals surface area (Å²) >= 11 is 0. The Hall–Kier alpha value is -3.26. The number of para-hydroxylation sites is 1. The molecule has 2 aliphatic heterocycles. The lowest BCUT2D eigenvalue weighted by Crippen LogP contribution is -2.34. The number of nitrogens with zero attached hydrogens (tertiary/aromatic N) is 2. The van der Waals surface area contributed by atoms with Crippen molar-refractivity contribution in [3.8, 4) is 17.2 Å². The van der Waals surface area contributed by atoms with Crippen molar-refractivity contribution in [2.24, 2.45) is 5.92 Å². The van der Waals surface area contributed by atoms with E-state index in [0.29, 0.717) is 12.3 Å². The molecule has 39 heavy (non-hydrogen) atoms. The number of hydrogen-bond donors (Lipinski definition) is 1. The lowest BCUT2D eigenvalue weighted by atomic mass is 9.83. The summed E-state index contributed by atoms with van der Waals surface area (Å²) in [7, 11) is 3.67. The maximum absolute atomic E-state index is 12.2. The maximum Gasteiger partial charge on any atom is 0.308 e. The second kappa shape index (κ2) is 15.4. The summed E-state index contributed by atoms with van der Waals surface area (Å²) in [6.07, 6.45) is 7.08. The van der Waals surface area contributed by atoms with Crippen molar-refractivity contribution in [1.82, 2.24) is 9.80 Å². The smallest absolute Gasteiger partial charge is 0.308 e. The number of carboxylic acid groups (broad SMARTS) is 1. The second-order valence-corrected chi connectivity index (χ2v) is 10.3. The molecule has 1 fully saturated rings. The van der Waals surface area contributed by atoms with E-state index in [2.05, 4.69) is 18.7 Å². The molecular weight excluding hydrogens is 496 g/mol. The van der Waals surface area contributed by atoms with Gasteiger partial charge in [0.1, 0.15) is 5.75 Å². The van der Waals surface area contributed by atoms with Crippen LogP contribution in [0.2, 0.25) is 0 Å². The zero-order chi connectivity index (χ0) is 28.2. The van der Waals surface area contributed by atoms with E-state index in [1.165, 1.54) is 0 Å². The number of fused-ring (bicyclic) bond motifs is 1. The third-order valence-corrected chi connectivity index (χ3v) is 7.66. The number of carbonyl (C=O) groups is 2. The summed E-state index contributed by atoms with van der Waals surface area (Å²) in [6.45, 7) is 7.06. The Morgan fingerprint density at radius 1 is 1.10 bits per heavy atom. The van der Waals surface area contributed by atoms with E-state index in [1.54, 1.807) is 7.11 Å². The molecule has 8 heteroatoms. The predicted molar refractivity (Wildman–Crippen MR) is 152 cm³/mol. The first-order chi connectivity index (χ1) is 18.9. The van der Waals surface area contributed by atoms with Crippen LogP contribution in [0.3, 0.4) is 0 Å². The van der Waals surface area contributed by atoms with Crippen molar-refractivity contribution >= 4 is 12.4 Å². The van der Waals surface area contributed by atoms with Gasteiger partial charge in [0.2, 0.25) is 13.2 Å². The molecule has 2 heterocycles. The molecule has 0 saturated carbocycles. The number of rotatable bonds is 13. The Morgan fingerprint density at radius 2 is 1.79 bits per heavy atom. The molecule has 0 bridgehead atoms. The second-order valence-electron chi connectivity index (χ2n) is 10.3. The molecule has 3 atom stereocenters. The van der Waals surface area contributed by atoms with E-state index in [-0.39, 0.29) is 18.8 Å². The number of aliphatic carboxylic acids is 1. The molecule has 0 radical (unpaired) electrons. The molecule has 8 nitrogen and oxygen atoms in total. The van der Waals surface area contributed by atoms with E-state index in [4.69, 9.17) is 14.2 Å². The zero-order valence-corrected chi connectivity index (χ0v) is 23.8. The highest BCUT2D eigenvalue weighted by atomic mass is 16.7. The summed E-state index contributed by atoms with van der Waals surface area (Å²) < 4.78 is 16.3. The molecule has 4 rings (SSSR count). The number of methoxy groups -OCH3 is 1. The van der Waals surface area contributed by atoms with E-state index in [9.17, 15) is 14.7 Å². The fourth-order valence-corrected chi connectivity index (χ4v) is 5.45. The van der Waals surface area contributed by atoms with Gasteiger partial charge >= 0.3 is 5.97 Å². The largest absolute Gasteiger partial charge is 0.496 e. The van der Waals surface area contributed by atoms with Gasteiger partial charge in [-0.25, -0.2) is 0 Å². The van der Waals surface area contributed by atoms with Gasteiger partial charge in [-0.15, -0.1) is 0 Å². The van der Waals surface area contributed by atoms with Crippen molar-refractivity contribution in [2.45, 2.75) is 64.3 Å². The first-order valence-corrected chi connectivity index (χ1v) is 14.1. The fourth-order valence-electron chi connectivity index (χ4n) is 5.45. The third-order valence-electron chi connectivity index (χ3n) is 7.66. The number of ether oxygens (including phenoxy) is 3. The average molecular weight is 541 g/mol. The molecule has 0 aromatic heterocycles. The average Bonchev–Trinajstić information content (AvgIpc) is 3.56. The van der Waals surface area contributed by atoms with Gasteiger partial charge in [-0.2, -0.15) is 0 Å². The van der Waals surface area contributed by atoms with Crippen LogP contribution in [0.25, 0.3) is 0 Å². The Labute approximate surface area is 232 Å². The summed E-state index contributed by atoms with van der Waals surface area (Å²) in [6, 6.07) is 13.6. The molecule has 214 valence electrons. The SMILES string of the molecule is CCCCN(C=O)CCCC.COc1ccccc1CCC1C(C(=O)O)C(c2ccc3c(c2)OCO3)CN1C. The maximum atomic E-state index is 12.2. The molecule has 0 aliphatic carbocycles. The number of hydrogen-bond acceptors (Lipinski definition) is 6. The van der Waals surface area contributed by atoms with Crippen LogP contribution in [0, 0.1) is 5.92 Å². The number of carbonyl (C=O) groups excluding carboxylic acids is 1. The lowest BCUT2D eigenvalue weighted by Gasteiger charge is -2.24. The highest BCUT2D eigenvalue weighted by Crippen LogP contribution is 2.42. The van der Waals surface area contributed by atoms with Crippen LogP contribution in [0.5, 0.6) is 17.2 Å². The lowest BCUT2D eigenvalue weighted by molar-refractivity contribution is -0.143. The van der Waals surface area contributed by atoms with Crippen molar-refractivity contribution in [1.29, 1.82) is 0 Å². The first kappa shape index (κ1) is 30.3. The number of carboxylic acids is 1. The molecule has 2 aromatic rings. The topological polar surface area (TPSA) is 88.5 Å². The van der Waals surface area contributed by atoms with Crippen LogP contribution in [0.4, 0.5) is 0 Å². The molecular formula is C31H44N2O6. The minimum Gasteiger partial charge on any atom is -0.496 e. The summed E-state index contributed by atoms with van der Waals surface area (Å²) in [5.74, 6) is 0.954. The van der Waals surface area contributed by atoms with Crippen molar-refractivity contribution in [2.75, 3.05) is 40.6 Å². The predicted octanol–water partition coefficient (Wildman–Crippen LogP) is 5.20. The number of aryl methyl sites for hydroxylation is 1. The number of likely N-dealkylation sites (tertiary alicyclic amines) is 1. The molecule has 2 aromatic carbocycles. The monoisotopic (exact) mass is 540 g/mol. The Bertz CT molecular complexity index is 1050. The molecule has 2 aliphatic rings. The molecule has 3 unspecified atom stereocenters. The summed E-state index contributed by atoms with van der Waals surface area (Å²) in [5.41, 5.74) is 2.09. The minimum atomic E-state index is -0.753. The van der Waals surface area contributed by atoms with Gasteiger partial charge in [0, 0.05) is 31.6 Å². The number of amides is 1. The van der Waals surface area contributed by atoms with Gasteiger partial charge < -0.3 is 29.1 Å². The molecule has 1 N–H and O–H groups in total. The van der Waals surface area contributed by atoms with Crippen LogP contribution >= 0.6 is 0 Å². The third kappa shape index (κ3) is 8.12. The van der Waals surface area contributed by atoms with Crippen molar-refractivity contribution < 1.29 is 28.9 Å². The van der Waals surface area contributed by atoms with E-state index in [0.717, 1.165) is 80.7 Å². The number of likely N-dealkylation sites (N-methyl/N-ethyl adjacent to an activating group) is 1. The number of unbranched alkanes of at least 4 members (excludes halogenated alkanes) is 2. The van der Waals surface area contributed by atoms with Crippen LogP contribution in [0.1, 0.15) is 63.0 Å². The van der Waals surface area contributed by atoms with E-state index < -0.39 is 11.9 Å². The highest BCUT2D eigenvalue weighted by molar-refractivity contribution is 5.73. The van der Waals surface area contributed by atoms with Gasteiger partial charge in [0.25, 0.3) is 0 Å². The van der Waals surface area contributed by atoms with Crippen LogP contribution in [-0.2, 0) is 16.0 Å². The van der Waals surface area contributed by atoms with E-state index in [1.807, 2.05) is 54.4 Å². The van der Waals surface area contributed by atoms with Crippen LogP contribution in [0.15, 0.2) is 42.5 Å². The molecule has 1 amide bonds. The quantitative estimate of drug-likeness (QED) is 0.349. The van der Waals surface area contributed by atoms with Gasteiger partial charge in [-0.05, 0) is 62.1 Å². The summed E-state index contributed by atoms with van der Waals surface area (Å²) in [4.78, 5) is 26.7. The molecule has 0 spiro atoms. The minimum absolute atomic E-state index is 0.0437. The summed E-state index contributed by atoms with van der Waals surface area (Å²) in [5, 5.41) is 10.0. The van der Waals surface area contributed by atoms with Crippen LogP contribution < -0.4 is 14.2 Å². The van der Waals surface area contributed by atoms with Crippen molar-refractivity contribution in [3.63, 3.8) is 0 Å². The van der Waals surface area contributed by atoms with E-state index >= 15 is 0 Å². The standard InChI is InChI=1S/C22H25NO5.C9H19NO/c1-23-12-16(15-8-10-19-20(11-15)28-13-27-19)21(22(24)25)17(23)9-7-14-5-3-4-6-18(14)26-2;1-3-5-7-10(9-11)8-6-4-2/h3-6,8,10-11,16-17,21H,7,9,12-13H2,1-2H3,(H,24,25);9H,3-8H2,1-2H3. The number of benzene rings is 2. The van der Waals surface area contributed by atoms with Crippen LogP contribution in [-0.4, -0.2) is 73.9 Å². The normalized spacial score (nSPS) is 19.7. The molecule has 1 saturated heterocycles. The van der Waals surface area contributed by atoms with Gasteiger partial charge in [0.15, 0.2) is 11.5 Å². The highest BCUT2D eigenvalue weighted by Gasteiger charge is 2.45. The van der Waals surface area contributed by atoms with Gasteiger partial charge in [-0.3, -0.25) is 9.59 Å². The fraction of sp³-hybridized carbons (Fsp3) is 0.548. The van der Waals surface area contributed by atoms with Gasteiger partial charge in [0.05, 0.1) is 13.0 Å². The Morgan fingerprint density at radius 3 is 2.44 bits per heavy atom. The van der Waals surface area contributed by atoms with Crippen molar-refractivity contribution in [3.05, 3.63) is 53.6 Å². The van der Waals surface area contributed by atoms with Gasteiger partial charge in [-0.1, -0.05) is 51.0 Å².